The van der Waals surface area contributed by atoms with Crippen LogP contribution < -0.4 is 0 Å². The third-order valence-corrected chi connectivity index (χ3v) is 12.9. The Morgan fingerprint density at radius 1 is 0.403 bits per heavy atom. The Balaban J connectivity index is 0.881. The first-order valence-corrected chi connectivity index (χ1v) is 21.5. The number of nitriles is 1. The maximum Gasteiger partial charge on any atom is 0.164 e. The van der Waals surface area contributed by atoms with Gasteiger partial charge in [0.1, 0.15) is 0 Å². The number of rotatable bonds is 7. The van der Waals surface area contributed by atoms with E-state index in [0.29, 0.717) is 17.5 Å². The number of fused-ring (bicyclic) bond motifs is 5. The van der Waals surface area contributed by atoms with Crippen LogP contribution in [0.5, 0.6) is 0 Å². The van der Waals surface area contributed by atoms with Gasteiger partial charge >= 0.3 is 0 Å². The molecule has 0 unspecified atom stereocenters. The molecule has 0 amide bonds. The number of pyridine rings is 1. The van der Waals surface area contributed by atoms with E-state index in [4.69, 9.17) is 15.0 Å². The van der Waals surface area contributed by atoms with E-state index in [9.17, 15) is 5.26 Å². The van der Waals surface area contributed by atoms with Gasteiger partial charge in [0.05, 0.1) is 11.6 Å². The van der Waals surface area contributed by atoms with Crippen LogP contribution in [0.3, 0.4) is 0 Å². The fraction of sp³-hybridized carbons (Fsp3) is 0.105. The number of nitrogens with zero attached hydrogens (tertiary/aromatic N) is 5. The van der Waals surface area contributed by atoms with E-state index in [2.05, 4.69) is 145 Å². The van der Waals surface area contributed by atoms with Crippen molar-refractivity contribution in [2.24, 2.45) is 0 Å². The summed E-state index contributed by atoms with van der Waals surface area (Å²) in [7, 11) is 0. The molecule has 0 atom stereocenters. The first-order valence-electron chi connectivity index (χ1n) is 21.5. The van der Waals surface area contributed by atoms with Gasteiger partial charge in [-0.05, 0) is 104 Å². The second kappa shape index (κ2) is 15.7. The highest BCUT2D eigenvalue weighted by Gasteiger charge is 2.44. The van der Waals surface area contributed by atoms with E-state index >= 15 is 0 Å². The van der Waals surface area contributed by atoms with Crippen LogP contribution >= 0.6 is 0 Å². The molecule has 1 spiro atoms. The molecule has 0 aliphatic heterocycles. The van der Waals surface area contributed by atoms with E-state index in [-0.39, 0.29) is 5.41 Å². The van der Waals surface area contributed by atoms with Crippen molar-refractivity contribution in [2.45, 2.75) is 37.5 Å². The van der Waals surface area contributed by atoms with E-state index in [1.165, 1.54) is 63.8 Å². The molecule has 5 heteroatoms. The highest BCUT2D eigenvalue weighted by atomic mass is 15.0. The van der Waals surface area contributed by atoms with Crippen molar-refractivity contribution in [3.05, 3.63) is 205 Å². The first kappa shape index (κ1) is 37.2. The highest BCUT2D eigenvalue weighted by molar-refractivity contribution is 5.94. The quantitative estimate of drug-likeness (QED) is 0.161. The SMILES string of the molecule is N#Cc1ccc2c(c1)C1(CCCCC1)c1cccc(-c3cccc(-c4ccc(-c5ccc(-c6nc(-c7ccccc7)nc(-c7ccc(-c8cccnc8)cc7)n6)cc5)cc4)c3)c1-2. The van der Waals surface area contributed by atoms with Crippen molar-refractivity contribution in [3.63, 3.8) is 0 Å². The second-order valence-corrected chi connectivity index (χ2v) is 16.5. The van der Waals surface area contributed by atoms with Crippen LogP contribution in [0.2, 0.25) is 0 Å². The monoisotopic (exact) mass is 795 g/mol. The maximum absolute atomic E-state index is 9.84. The van der Waals surface area contributed by atoms with E-state index in [1.54, 1.807) is 6.20 Å². The van der Waals surface area contributed by atoms with Crippen LogP contribution in [-0.4, -0.2) is 19.9 Å². The molecule has 2 aromatic heterocycles. The number of hydrogen-bond acceptors (Lipinski definition) is 5. The van der Waals surface area contributed by atoms with Gasteiger partial charge in [-0.25, -0.2) is 15.0 Å². The minimum Gasteiger partial charge on any atom is -0.264 e. The van der Waals surface area contributed by atoms with Crippen molar-refractivity contribution < 1.29 is 0 Å². The average molecular weight is 796 g/mol. The zero-order valence-electron chi connectivity index (χ0n) is 34.2. The van der Waals surface area contributed by atoms with Crippen LogP contribution in [-0.2, 0) is 5.41 Å². The molecule has 0 bridgehead atoms. The van der Waals surface area contributed by atoms with Crippen molar-refractivity contribution in [2.75, 3.05) is 0 Å². The lowest BCUT2D eigenvalue weighted by atomic mass is 9.67. The zero-order valence-corrected chi connectivity index (χ0v) is 34.2. The fourth-order valence-electron chi connectivity index (χ4n) is 9.78. The lowest BCUT2D eigenvalue weighted by Crippen LogP contribution is -2.28. The second-order valence-electron chi connectivity index (χ2n) is 16.5. The predicted octanol–water partition coefficient (Wildman–Crippen LogP) is 14.0. The molecular formula is C57H41N5. The third kappa shape index (κ3) is 6.67. The molecule has 0 saturated heterocycles. The summed E-state index contributed by atoms with van der Waals surface area (Å²) in [4.78, 5) is 19.2. The van der Waals surface area contributed by atoms with E-state index in [0.717, 1.165) is 57.3 Å². The summed E-state index contributed by atoms with van der Waals surface area (Å²) < 4.78 is 0. The first-order chi connectivity index (χ1) is 30.6. The Kier molecular flexibility index (Phi) is 9.40. The summed E-state index contributed by atoms with van der Waals surface area (Å²) in [5, 5.41) is 9.84. The van der Waals surface area contributed by atoms with Gasteiger partial charge in [0.15, 0.2) is 17.5 Å². The molecule has 2 aliphatic carbocycles. The van der Waals surface area contributed by atoms with Crippen LogP contribution in [0.1, 0.15) is 48.8 Å². The summed E-state index contributed by atoms with van der Waals surface area (Å²) in [6.07, 6.45) is 9.64. The summed E-state index contributed by atoms with van der Waals surface area (Å²) in [6, 6.07) is 64.3. The summed E-state index contributed by atoms with van der Waals surface area (Å²) in [5.41, 5.74) is 18.1. The van der Waals surface area contributed by atoms with Crippen molar-refractivity contribution in [3.8, 4) is 95.9 Å². The van der Waals surface area contributed by atoms with Gasteiger partial charge in [0.25, 0.3) is 0 Å². The third-order valence-electron chi connectivity index (χ3n) is 12.9. The lowest BCUT2D eigenvalue weighted by Gasteiger charge is -2.36. The average Bonchev–Trinajstić information content (AvgIpc) is 3.62. The Hall–Kier alpha value is -7.81. The molecule has 1 saturated carbocycles. The molecule has 5 nitrogen and oxygen atoms in total. The van der Waals surface area contributed by atoms with Crippen molar-refractivity contribution >= 4 is 0 Å². The van der Waals surface area contributed by atoms with Crippen LogP contribution in [0.4, 0.5) is 0 Å². The normalized spacial score (nSPS) is 13.6. The molecule has 0 N–H and O–H groups in total. The largest absolute Gasteiger partial charge is 0.264 e. The summed E-state index contributed by atoms with van der Waals surface area (Å²) in [6.45, 7) is 0. The van der Waals surface area contributed by atoms with Crippen LogP contribution in [0.15, 0.2) is 188 Å². The Labute approximate surface area is 362 Å². The lowest BCUT2D eigenvalue weighted by molar-refractivity contribution is 0.353. The molecular weight excluding hydrogens is 755 g/mol. The molecule has 11 rings (SSSR count). The van der Waals surface area contributed by atoms with Gasteiger partial charge in [-0.2, -0.15) is 5.26 Å². The molecule has 7 aromatic carbocycles. The smallest absolute Gasteiger partial charge is 0.164 e. The number of benzene rings is 7. The van der Waals surface area contributed by atoms with Gasteiger partial charge in [0.2, 0.25) is 0 Å². The number of hydrogen-bond donors (Lipinski definition) is 0. The molecule has 2 aliphatic rings. The predicted molar refractivity (Wildman–Crippen MR) is 250 cm³/mol. The van der Waals surface area contributed by atoms with E-state index < -0.39 is 0 Å². The molecule has 62 heavy (non-hydrogen) atoms. The topological polar surface area (TPSA) is 75.3 Å². The van der Waals surface area contributed by atoms with Gasteiger partial charge in [-0.15, -0.1) is 0 Å². The molecule has 2 heterocycles. The Morgan fingerprint density at radius 2 is 0.935 bits per heavy atom. The van der Waals surface area contributed by atoms with Gasteiger partial charge < -0.3 is 0 Å². The standard InChI is InChI=1S/C57H41N5/c58-36-38-17-30-50-52(34-38)57(31-5-2-6-32-57)51-16-8-15-49(53(50)51)47-13-7-12-46(35-47)41-20-18-39(19-21-41)40-22-26-44(27-23-40)55-60-54(43-10-3-1-4-11-43)61-56(62-55)45-28-24-42(25-29-45)48-14-9-33-59-37-48/h1,3-4,7-30,33-35,37H,2,5-6,31-32H2. The zero-order chi connectivity index (χ0) is 41.5. The van der Waals surface area contributed by atoms with Crippen LogP contribution in [0, 0.1) is 11.3 Å². The van der Waals surface area contributed by atoms with E-state index in [1.807, 2.05) is 48.7 Å². The Bertz CT molecular complexity index is 3130. The molecule has 0 radical (unpaired) electrons. The molecule has 294 valence electrons. The van der Waals surface area contributed by atoms with Gasteiger partial charge in [0, 0.05) is 34.5 Å². The van der Waals surface area contributed by atoms with Crippen LogP contribution in [0.25, 0.3) is 89.8 Å². The summed E-state index contributed by atoms with van der Waals surface area (Å²) in [5.74, 6) is 1.88. The molecule has 9 aromatic rings. The highest BCUT2D eigenvalue weighted by Crippen LogP contribution is 2.58. The molecule has 1 fully saturated rings. The van der Waals surface area contributed by atoms with Crippen molar-refractivity contribution in [1.82, 2.24) is 19.9 Å². The maximum atomic E-state index is 9.84. The van der Waals surface area contributed by atoms with Gasteiger partial charge in [-0.3, -0.25) is 4.98 Å². The summed E-state index contributed by atoms with van der Waals surface area (Å²) >= 11 is 0. The number of aromatic nitrogens is 4. The fourth-order valence-corrected chi connectivity index (χ4v) is 9.78. The minimum atomic E-state index is -0.00884. The van der Waals surface area contributed by atoms with Crippen molar-refractivity contribution in [1.29, 1.82) is 5.26 Å². The minimum absolute atomic E-state index is 0.00884. The Morgan fingerprint density at radius 3 is 1.55 bits per heavy atom. The van der Waals surface area contributed by atoms with Gasteiger partial charge in [-0.1, -0.05) is 171 Å².